The zero-order valence-corrected chi connectivity index (χ0v) is 11.5. The number of hydrogen-bond donors (Lipinski definition) is 1. The fourth-order valence-electron chi connectivity index (χ4n) is 2.88. The second-order valence-electron chi connectivity index (χ2n) is 5.47. The van der Waals surface area contributed by atoms with Crippen molar-refractivity contribution in [3.63, 3.8) is 0 Å². The van der Waals surface area contributed by atoms with Crippen LogP contribution in [0.5, 0.6) is 11.5 Å². The van der Waals surface area contributed by atoms with Crippen molar-refractivity contribution in [2.75, 3.05) is 39.8 Å². The van der Waals surface area contributed by atoms with E-state index in [9.17, 15) is 0 Å². The second kappa shape index (κ2) is 5.80. The Kier molecular flexibility index (Phi) is 3.89. The number of benzene rings is 1. The molecule has 4 heteroatoms. The Morgan fingerprint density at radius 2 is 2.05 bits per heavy atom. The van der Waals surface area contributed by atoms with Gasteiger partial charge in [-0.05, 0) is 37.6 Å². The summed E-state index contributed by atoms with van der Waals surface area (Å²) in [7, 11) is 1.68. The van der Waals surface area contributed by atoms with Gasteiger partial charge in [0.15, 0.2) is 11.5 Å². The molecule has 0 spiro atoms. The first-order valence-corrected chi connectivity index (χ1v) is 7.08. The van der Waals surface area contributed by atoms with Crippen LogP contribution in [0.4, 0.5) is 0 Å². The molecule has 4 nitrogen and oxygen atoms in total. The van der Waals surface area contributed by atoms with Gasteiger partial charge in [-0.25, -0.2) is 0 Å². The number of ether oxygens (including phenoxy) is 2. The highest BCUT2D eigenvalue weighted by atomic mass is 16.5. The number of rotatable bonds is 5. The zero-order chi connectivity index (χ0) is 13.1. The molecule has 2 aliphatic heterocycles. The third-order valence-electron chi connectivity index (χ3n) is 3.97. The second-order valence-corrected chi connectivity index (χ2v) is 5.47. The van der Waals surface area contributed by atoms with Crippen LogP contribution in [0.15, 0.2) is 24.3 Å². The molecule has 19 heavy (non-hydrogen) atoms. The van der Waals surface area contributed by atoms with E-state index in [1.807, 2.05) is 24.3 Å². The van der Waals surface area contributed by atoms with Crippen molar-refractivity contribution in [2.45, 2.75) is 12.5 Å². The van der Waals surface area contributed by atoms with Crippen LogP contribution in [-0.2, 0) is 0 Å². The van der Waals surface area contributed by atoms with Gasteiger partial charge in [0.2, 0.25) is 0 Å². The van der Waals surface area contributed by atoms with E-state index in [4.69, 9.17) is 9.47 Å². The Bertz CT molecular complexity index is 412. The summed E-state index contributed by atoms with van der Waals surface area (Å²) < 4.78 is 11.3. The van der Waals surface area contributed by atoms with Gasteiger partial charge < -0.3 is 14.8 Å². The molecular weight excluding hydrogens is 240 g/mol. The van der Waals surface area contributed by atoms with Crippen molar-refractivity contribution in [1.29, 1.82) is 0 Å². The molecule has 1 N–H and O–H groups in total. The van der Waals surface area contributed by atoms with Gasteiger partial charge >= 0.3 is 0 Å². The molecule has 0 amide bonds. The summed E-state index contributed by atoms with van der Waals surface area (Å²) in [4.78, 5) is 2.48. The average Bonchev–Trinajstić information content (AvgIpc) is 2.89. The molecule has 0 saturated carbocycles. The van der Waals surface area contributed by atoms with E-state index in [2.05, 4.69) is 10.2 Å². The predicted octanol–water partition coefficient (Wildman–Crippen LogP) is 1.37. The summed E-state index contributed by atoms with van der Waals surface area (Å²) in [6, 6.07) is 7.86. The van der Waals surface area contributed by atoms with Crippen molar-refractivity contribution in [2.24, 2.45) is 5.92 Å². The lowest BCUT2D eigenvalue weighted by Crippen LogP contribution is -2.55. The van der Waals surface area contributed by atoms with Gasteiger partial charge in [0.25, 0.3) is 0 Å². The standard InChI is InChI=1S/C15H22N2O2/c1-18-14-4-2-3-5-15(14)19-13-10-17(11-13)9-12-6-7-16-8-12/h2-5,12-13,16H,6-11H2,1H3/t12-/m0/s1. The quantitative estimate of drug-likeness (QED) is 0.869. The van der Waals surface area contributed by atoms with E-state index in [1.54, 1.807) is 7.11 Å². The minimum atomic E-state index is 0.311. The van der Waals surface area contributed by atoms with Crippen LogP contribution in [0.3, 0.4) is 0 Å². The fourth-order valence-corrected chi connectivity index (χ4v) is 2.88. The van der Waals surface area contributed by atoms with E-state index in [1.165, 1.54) is 26.1 Å². The van der Waals surface area contributed by atoms with Gasteiger partial charge in [0.1, 0.15) is 6.10 Å². The first-order chi connectivity index (χ1) is 9.35. The average molecular weight is 262 g/mol. The molecule has 104 valence electrons. The van der Waals surface area contributed by atoms with Gasteiger partial charge in [0.05, 0.1) is 7.11 Å². The lowest BCUT2D eigenvalue weighted by Gasteiger charge is -2.40. The fraction of sp³-hybridized carbons (Fsp3) is 0.600. The summed E-state index contributed by atoms with van der Waals surface area (Å²) in [5.41, 5.74) is 0. The van der Waals surface area contributed by atoms with Gasteiger partial charge in [-0.1, -0.05) is 12.1 Å². The molecule has 2 fully saturated rings. The molecule has 2 saturated heterocycles. The van der Waals surface area contributed by atoms with Crippen molar-refractivity contribution in [3.8, 4) is 11.5 Å². The Hall–Kier alpha value is -1.26. The van der Waals surface area contributed by atoms with Crippen LogP contribution in [0.2, 0.25) is 0 Å². The summed E-state index contributed by atoms with van der Waals surface area (Å²) in [5, 5.41) is 3.42. The third-order valence-corrected chi connectivity index (χ3v) is 3.97. The number of nitrogens with one attached hydrogen (secondary N) is 1. The normalized spacial score (nSPS) is 24.2. The van der Waals surface area contributed by atoms with Crippen LogP contribution in [0.1, 0.15) is 6.42 Å². The summed E-state index contributed by atoms with van der Waals surface area (Å²) in [6.07, 6.45) is 1.62. The number of para-hydroxylation sites is 2. The molecule has 0 unspecified atom stereocenters. The van der Waals surface area contributed by atoms with Crippen LogP contribution in [-0.4, -0.2) is 50.8 Å². The highest BCUT2D eigenvalue weighted by Crippen LogP contribution is 2.29. The van der Waals surface area contributed by atoms with E-state index in [0.717, 1.165) is 30.5 Å². The van der Waals surface area contributed by atoms with Crippen LogP contribution in [0.25, 0.3) is 0 Å². The van der Waals surface area contributed by atoms with Crippen LogP contribution in [0, 0.1) is 5.92 Å². The minimum Gasteiger partial charge on any atom is -0.493 e. The smallest absolute Gasteiger partial charge is 0.161 e. The van der Waals surface area contributed by atoms with E-state index < -0.39 is 0 Å². The van der Waals surface area contributed by atoms with Crippen molar-refractivity contribution in [1.82, 2.24) is 10.2 Å². The summed E-state index contributed by atoms with van der Waals surface area (Å²) in [5.74, 6) is 2.50. The van der Waals surface area contributed by atoms with Crippen molar-refractivity contribution < 1.29 is 9.47 Å². The Balaban J connectivity index is 1.45. The number of nitrogens with zero attached hydrogens (tertiary/aromatic N) is 1. The maximum atomic E-state index is 5.98. The molecule has 2 heterocycles. The molecular formula is C15H22N2O2. The lowest BCUT2D eigenvalue weighted by atomic mass is 10.0. The molecule has 1 aromatic carbocycles. The van der Waals surface area contributed by atoms with Gasteiger partial charge in [-0.15, -0.1) is 0 Å². The van der Waals surface area contributed by atoms with Gasteiger partial charge in [0, 0.05) is 19.6 Å². The molecule has 0 radical (unpaired) electrons. The largest absolute Gasteiger partial charge is 0.493 e. The number of likely N-dealkylation sites (tertiary alicyclic amines) is 1. The lowest BCUT2D eigenvalue weighted by molar-refractivity contribution is 0.0104. The highest BCUT2D eigenvalue weighted by molar-refractivity contribution is 5.39. The summed E-state index contributed by atoms with van der Waals surface area (Å²) >= 11 is 0. The number of hydrogen-bond acceptors (Lipinski definition) is 4. The molecule has 1 atom stereocenters. The molecule has 1 aromatic rings. The minimum absolute atomic E-state index is 0.311. The first-order valence-electron chi connectivity index (χ1n) is 7.08. The maximum Gasteiger partial charge on any atom is 0.161 e. The van der Waals surface area contributed by atoms with Crippen LogP contribution < -0.4 is 14.8 Å². The van der Waals surface area contributed by atoms with Gasteiger partial charge in [-0.2, -0.15) is 0 Å². The van der Waals surface area contributed by atoms with Gasteiger partial charge in [-0.3, -0.25) is 4.90 Å². The molecule has 0 bridgehead atoms. The summed E-state index contributed by atoms with van der Waals surface area (Å²) in [6.45, 7) is 5.63. The van der Waals surface area contributed by atoms with E-state index >= 15 is 0 Å². The van der Waals surface area contributed by atoms with Crippen LogP contribution >= 0.6 is 0 Å². The molecule has 0 aliphatic carbocycles. The topological polar surface area (TPSA) is 33.7 Å². The van der Waals surface area contributed by atoms with Crippen molar-refractivity contribution >= 4 is 0 Å². The highest BCUT2D eigenvalue weighted by Gasteiger charge is 2.31. The Labute approximate surface area is 114 Å². The zero-order valence-electron chi connectivity index (χ0n) is 11.5. The molecule has 2 aliphatic rings. The Morgan fingerprint density at radius 1 is 1.26 bits per heavy atom. The van der Waals surface area contributed by atoms with Crippen molar-refractivity contribution in [3.05, 3.63) is 24.3 Å². The van der Waals surface area contributed by atoms with E-state index in [0.29, 0.717) is 6.10 Å². The molecule has 0 aromatic heterocycles. The number of methoxy groups -OCH3 is 1. The van der Waals surface area contributed by atoms with E-state index in [-0.39, 0.29) is 0 Å². The first kappa shape index (κ1) is 12.8. The monoisotopic (exact) mass is 262 g/mol. The molecule has 3 rings (SSSR count). The maximum absolute atomic E-state index is 5.98. The predicted molar refractivity (Wildman–Crippen MR) is 74.8 cm³/mol. The Morgan fingerprint density at radius 3 is 2.74 bits per heavy atom. The SMILES string of the molecule is COc1ccccc1OC1CN(C[C@H]2CCNC2)C1. The third kappa shape index (κ3) is 3.01.